The number of aliphatic carboxylic acids is 1. The first-order valence-electron chi connectivity index (χ1n) is 4.07. The number of primary amides is 1. The molecule has 15 heavy (non-hydrogen) atoms. The van der Waals surface area contributed by atoms with Crippen LogP contribution in [-0.2, 0) is 4.79 Å². The summed E-state index contributed by atoms with van der Waals surface area (Å²) in [7, 11) is 0. The topological polar surface area (TPSA) is 106 Å². The summed E-state index contributed by atoms with van der Waals surface area (Å²) in [6, 6.07) is 3.04. The molecule has 1 heterocycles. The Balaban J connectivity index is 2.50. The second-order valence-electron chi connectivity index (χ2n) is 2.61. The maximum atomic E-state index is 10.7. The first-order valence-corrected chi connectivity index (χ1v) is 5.06. The maximum Gasteiger partial charge on any atom is 0.304 e. The Kier molecular flexibility index (Phi) is 4.04. The third-order valence-electron chi connectivity index (χ3n) is 1.46. The molecule has 0 aromatic carbocycles. The zero-order valence-corrected chi connectivity index (χ0v) is 8.53. The van der Waals surface area contributed by atoms with E-state index in [4.69, 9.17) is 10.8 Å². The Morgan fingerprint density at radius 1 is 1.40 bits per heavy atom. The van der Waals surface area contributed by atoms with Gasteiger partial charge in [-0.3, -0.25) is 9.59 Å². The van der Waals surface area contributed by atoms with E-state index in [0.29, 0.717) is 10.8 Å². The van der Waals surface area contributed by atoms with Gasteiger partial charge in [-0.1, -0.05) is 0 Å². The second-order valence-corrected chi connectivity index (χ2v) is 3.73. The van der Waals surface area contributed by atoms with Gasteiger partial charge < -0.3 is 10.8 Å². The number of nitrogens with two attached hydrogens (primary N) is 1. The summed E-state index contributed by atoms with van der Waals surface area (Å²) in [4.78, 5) is 20.9. The summed E-state index contributed by atoms with van der Waals surface area (Å²) < 4.78 is 0. The van der Waals surface area contributed by atoms with Gasteiger partial charge in [0.05, 0.1) is 6.42 Å². The molecule has 0 saturated heterocycles. The molecule has 1 aromatic heterocycles. The van der Waals surface area contributed by atoms with Gasteiger partial charge in [0.25, 0.3) is 5.91 Å². The van der Waals surface area contributed by atoms with Gasteiger partial charge in [0.1, 0.15) is 5.03 Å². The summed E-state index contributed by atoms with van der Waals surface area (Å²) >= 11 is 1.26. The van der Waals surface area contributed by atoms with Crippen LogP contribution in [0, 0.1) is 0 Å². The van der Waals surface area contributed by atoms with Crippen LogP contribution < -0.4 is 5.73 Å². The van der Waals surface area contributed by atoms with E-state index < -0.39 is 11.9 Å². The van der Waals surface area contributed by atoms with Crippen LogP contribution in [-0.4, -0.2) is 32.9 Å². The van der Waals surface area contributed by atoms with Crippen molar-refractivity contribution in [3.05, 3.63) is 17.8 Å². The van der Waals surface area contributed by atoms with Crippen LogP contribution in [0.25, 0.3) is 0 Å². The smallest absolute Gasteiger partial charge is 0.304 e. The zero-order chi connectivity index (χ0) is 11.3. The zero-order valence-electron chi connectivity index (χ0n) is 7.71. The first kappa shape index (κ1) is 11.4. The normalized spacial score (nSPS) is 9.87. The summed E-state index contributed by atoms with van der Waals surface area (Å²) in [5.41, 5.74) is 5.07. The summed E-state index contributed by atoms with van der Waals surface area (Å²) in [6.07, 6.45) is 0.0594. The summed E-state index contributed by atoms with van der Waals surface area (Å²) in [6.45, 7) is 0. The van der Waals surface area contributed by atoms with E-state index >= 15 is 0 Å². The number of aromatic nitrogens is 2. The van der Waals surface area contributed by atoms with Gasteiger partial charge in [0, 0.05) is 5.75 Å². The van der Waals surface area contributed by atoms with Gasteiger partial charge in [0.15, 0.2) is 5.69 Å². The third kappa shape index (κ3) is 3.94. The van der Waals surface area contributed by atoms with E-state index in [1.54, 1.807) is 6.07 Å². The number of carboxylic acid groups (broad SMARTS) is 1. The minimum Gasteiger partial charge on any atom is -0.481 e. The highest BCUT2D eigenvalue weighted by molar-refractivity contribution is 7.99. The van der Waals surface area contributed by atoms with Crippen molar-refractivity contribution in [3.63, 3.8) is 0 Å². The minimum absolute atomic E-state index is 0.0594. The van der Waals surface area contributed by atoms with Crippen LogP contribution >= 0.6 is 11.8 Å². The van der Waals surface area contributed by atoms with Crippen LogP contribution in [0.4, 0.5) is 0 Å². The molecule has 7 heteroatoms. The molecule has 1 aromatic rings. The van der Waals surface area contributed by atoms with Gasteiger partial charge >= 0.3 is 5.97 Å². The fraction of sp³-hybridized carbons (Fsp3) is 0.250. The lowest BCUT2D eigenvalue weighted by Gasteiger charge is -1.98. The molecule has 1 rings (SSSR count). The molecule has 3 N–H and O–H groups in total. The molecule has 0 spiro atoms. The fourth-order valence-corrected chi connectivity index (χ4v) is 1.52. The highest BCUT2D eigenvalue weighted by Crippen LogP contribution is 2.14. The molecular weight excluding hydrogens is 218 g/mol. The van der Waals surface area contributed by atoms with Crippen molar-refractivity contribution in [1.82, 2.24) is 10.2 Å². The Labute approximate surface area is 89.9 Å². The number of thioether (sulfide) groups is 1. The van der Waals surface area contributed by atoms with Gasteiger partial charge in [-0.05, 0) is 12.1 Å². The number of hydrogen-bond donors (Lipinski definition) is 2. The van der Waals surface area contributed by atoms with Crippen LogP contribution in [0.1, 0.15) is 16.9 Å². The van der Waals surface area contributed by atoms with Crippen LogP contribution in [0.3, 0.4) is 0 Å². The van der Waals surface area contributed by atoms with E-state index in [1.165, 1.54) is 17.8 Å². The lowest BCUT2D eigenvalue weighted by atomic mass is 10.4. The molecule has 6 nitrogen and oxygen atoms in total. The molecule has 0 atom stereocenters. The maximum absolute atomic E-state index is 10.7. The molecule has 0 unspecified atom stereocenters. The van der Waals surface area contributed by atoms with Gasteiger partial charge in [-0.15, -0.1) is 22.0 Å². The number of carbonyl (C=O) groups excluding carboxylic acids is 1. The van der Waals surface area contributed by atoms with Crippen molar-refractivity contribution >= 4 is 23.6 Å². The van der Waals surface area contributed by atoms with E-state index in [1.807, 2.05) is 0 Å². The quantitative estimate of drug-likeness (QED) is 0.693. The number of carbonyl (C=O) groups is 2. The number of carboxylic acids is 1. The van der Waals surface area contributed by atoms with Crippen LogP contribution in [0.5, 0.6) is 0 Å². The average Bonchev–Trinajstić information content (AvgIpc) is 2.18. The molecule has 0 aliphatic carbocycles. The van der Waals surface area contributed by atoms with E-state index in [2.05, 4.69) is 10.2 Å². The highest BCUT2D eigenvalue weighted by Gasteiger charge is 2.04. The SMILES string of the molecule is NC(=O)c1ccc(SCCC(=O)O)nn1. The fourth-order valence-electron chi connectivity index (χ4n) is 0.771. The second kappa shape index (κ2) is 5.30. The molecule has 0 radical (unpaired) electrons. The number of nitrogens with zero attached hydrogens (tertiary/aromatic N) is 2. The van der Waals surface area contributed by atoms with Gasteiger partial charge in [0.2, 0.25) is 0 Å². The van der Waals surface area contributed by atoms with E-state index in [9.17, 15) is 9.59 Å². The van der Waals surface area contributed by atoms with Crippen molar-refractivity contribution < 1.29 is 14.7 Å². The van der Waals surface area contributed by atoms with Gasteiger partial charge in [-0.2, -0.15) is 0 Å². The Morgan fingerprint density at radius 2 is 2.13 bits per heavy atom. The third-order valence-corrected chi connectivity index (χ3v) is 2.38. The molecule has 1 amide bonds. The van der Waals surface area contributed by atoms with Crippen LogP contribution in [0.2, 0.25) is 0 Å². The van der Waals surface area contributed by atoms with Crippen LogP contribution in [0.15, 0.2) is 17.2 Å². The molecule has 0 fully saturated rings. The number of hydrogen-bond acceptors (Lipinski definition) is 5. The number of amides is 1. The molecule has 0 aliphatic rings. The number of rotatable bonds is 5. The van der Waals surface area contributed by atoms with Crippen molar-refractivity contribution in [3.8, 4) is 0 Å². The molecule has 0 saturated carbocycles. The summed E-state index contributed by atoms with van der Waals surface area (Å²) in [5.74, 6) is -1.08. The molecule has 80 valence electrons. The van der Waals surface area contributed by atoms with Crippen molar-refractivity contribution in [2.45, 2.75) is 11.4 Å². The molecule has 0 bridgehead atoms. The first-order chi connectivity index (χ1) is 7.09. The Bertz CT molecular complexity index is 366. The predicted molar refractivity (Wildman–Crippen MR) is 53.5 cm³/mol. The van der Waals surface area contributed by atoms with E-state index in [0.717, 1.165) is 0 Å². The minimum atomic E-state index is -0.857. The van der Waals surface area contributed by atoms with Crippen molar-refractivity contribution in [2.75, 3.05) is 5.75 Å². The Morgan fingerprint density at radius 3 is 2.60 bits per heavy atom. The lowest BCUT2D eigenvalue weighted by molar-refractivity contribution is -0.136. The predicted octanol–water partition coefficient (Wildman–Crippen LogP) is 0.142. The van der Waals surface area contributed by atoms with Crippen molar-refractivity contribution in [1.29, 1.82) is 0 Å². The van der Waals surface area contributed by atoms with Gasteiger partial charge in [-0.25, -0.2) is 0 Å². The standard InChI is InChI=1S/C8H9N3O3S/c9-8(14)5-1-2-6(11-10-5)15-4-3-7(12)13/h1-2H,3-4H2,(H2,9,14)(H,12,13). The lowest BCUT2D eigenvalue weighted by Crippen LogP contribution is -2.13. The molecular formula is C8H9N3O3S. The highest BCUT2D eigenvalue weighted by atomic mass is 32.2. The van der Waals surface area contributed by atoms with Crippen molar-refractivity contribution in [2.24, 2.45) is 5.73 Å². The molecule has 0 aliphatic heterocycles. The monoisotopic (exact) mass is 227 g/mol. The Hall–Kier alpha value is -1.63. The largest absolute Gasteiger partial charge is 0.481 e. The van der Waals surface area contributed by atoms with E-state index in [-0.39, 0.29) is 12.1 Å². The summed E-state index contributed by atoms with van der Waals surface area (Å²) in [5, 5.41) is 16.3. The average molecular weight is 227 g/mol.